The van der Waals surface area contributed by atoms with Gasteiger partial charge in [0, 0.05) is 6.07 Å². The number of rotatable bonds is 8. The van der Waals surface area contributed by atoms with Gasteiger partial charge in [0.25, 0.3) is 0 Å². The number of aliphatic hydroxyl groups is 1. The summed E-state index contributed by atoms with van der Waals surface area (Å²) in [4.78, 5) is 11.8. The van der Waals surface area contributed by atoms with Gasteiger partial charge in [0.15, 0.2) is 0 Å². The standard InChI is InChI=1S/C15H21Cl2NO3/c1-10(2)7-11(9-19)18-15(20)5-6-21-12-3-4-13(16)14(17)8-12/h3-4,8,10-11,19H,5-7,9H2,1-2H3,(H,18,20). The van der Waals surface area contributed by atoms with Crippen molar-refractivity contribution in [2.75, 3.05) is 13.2 Å². The van der Waals surface area contributed by atoms with Crippen molar-refractivity contribution in [3.63, 3.8) is 0 Å². The van der Waals surface area contributed by atoms with Crippen molar-refractivity contribution >= 4 is 29.1 Å². The molecule has 0 aromatic heterocycles. The Morgan fingerprint density at radius 1 is 1.33 bits per heavy atom. The highest BCUT2D eigenvalue weighted by atomic mass is 35.5. The minimum atomic E-state index is -0.206. The van der Waals surface area contributed by atoms with E-state index in [0.717, 1.165) is 6.42 Å². The van der Waals surface area contributed by atoms with Crippen LogP contribution in [0, 0.1) is 5.92 Å². The average Bonchev–Trinajstić information content (AvgIpc) is 2.41. The molecule has 4 nitrogen and oxygen atoms in total. The molecule has 1 unspecified atom stereocenters. The summed E-state index contributed by atoms with van der Waals surface area (Å²) >= 11 is 11.7. The summed E-state index contributed by atoms with van der Waals surface area (Å²) in [5.74, 6) is 0.836. The average molecular weight is 334 g/mol. The molecule has 0 heterocycles. The highest BCUT2D eigenvalue weighted by Crippen LogP contribution is 2.26. The number of hydrogen-bond acceptors (Lipinski definition) is 3. The van der Waals surface area contributed by atoms with E-state index in [1.807, 2.05) is 13.8 Å². The predicted octanol–water partition coefficient (Wildman–Crippen LogP) is 3.29. The number of carbonyl (C=O) groups excluding carboxylic acids is 1. The van der Waals surface area contributed by atoms with Gasteiger partial charge in [0.2, 0.25) is 5.91 Å². The first-order valence-electron chi connectivity index (χ1n) is 6.90. The number of nitrogens with one attached hydrogen (secondary N) is 1. The van der Waals surface area contributed by atoms with Gasteiger partial charge >= 0.3 is 0 Å². The first kappa shape index (κ1) is 18.1. The Morgan fingerprint density at radius 2 is 2.05 bits per heavy atom. The Bertz CT molecular complexity index is 466. The van der Waals surface area contributed by atoms with Crippen LogP contribution in [0.25, 0.3) is 0 Å². The Labute approximate surface area is 135 Å². The van der Waals surface area contributed by atoms with Crippen LogP contribution in [-0.4, -0.2) is 30.3 Å². The van der Waals surface area contributed by atoms with Crippen molar-refractivity contribution < 1.29 is 14.6 Å². The van der Waals surface area contributed by atoms with Gasteiger partial charge in [0.05, 0.1) is 35.7 Å². The Kier molecular flexibility index (Phi) is 7.86. The molecule has 0 aliphatic heterocycles. The lowest BCUT2D eigenvalue weighted by Gasteiger charge is -2.18. The zero-order chi connectivity index (χ0) is 15.8. The second-order valence-electron chi connectivity index (χ2n) is 5.25. The third-order valence-electron chi connectivity index (χ3n) is 2.83. The summed E-state index contributed by atoms with van der Waals surface area (Å²) in [6, 6.07) is 4.74. The summed E-state index contributed by atoms with van der Waals surface area (Å²) in [5, 5.41) is 12.9. The third kappa shape index (κ3) is 7.02. The zero-order valence-corrected chi connectivity index (χ0v) is 13.7. The molecular formula is C15H21Cl2NO3. The molecule has 6 heteroatoms. The lowest BCUT2D eigenvalue weighted by Crippen LogP contribution is -2.38. The van der Waals surface area contributed by atoms with Gasteiger partial charge in [-0.25, -0.2) is 0 Å². The van der Waals surface area contributed by atoms with Crippen molar-refractivity contribution in [3.8, 4) is 5.75 Å². The number of aliphatic hydroxyl groups excluding tert-OH is 1. The van der Waals surface area contributed by atoms with Crippen LogP contribution < -0.4 is 10.1 Å². The second-order valence-corrected chi connectivity index (χ2v) is 6.07. The molecule has 21 heavy (non-hydrogen) atoms. The van der Waals surface area contributed by atoms with E-state index in [1.54, 1.807) is 18.2 Å². The van der Waals surface area contributed by atoms with E-state index in [1.165, 1.54) is 0 Å². The largest absolute Gasteiger partial charge is 0.493 e. The van der Waals surface area contributed by atoms with Crippen LogP contribution >= 0.6 is 23.2 Å². The quantitative estimate of drug-likeness (QED) is 0.767. The van der Waals surface area contributed by atoms with E-state index in [4.69, 9.17) is 27.9 Å². The zero-order valence-electron chi connectivity index (χ0n) is 12.2. The molecule has 0 saturated heterocycles. The van der Waals surface area contributed by atoms with E-state index in [-0.39, 0.29) is 31.6 Å². The van der Waals surface area contributed by atoms with Crippen molar-refractivity contribution in [2.45, 2.75) is 32.7 Å². The van der Waals surface area contributed by atoms with E-state index >= 15 is 0 Å². The van der Waals surface area contributed by atoms with Crippen LogP contribution in [0.2, 0.25) is 10.0 Å². The molecule has 0 aliphatic carbocycles. The SMILES string of the molecule is CC(C)CC(CO)NC(=O)CCOc1ccc(Cl)c(Cl)c1. The number of ether oxygens (including phenoxy) is 1. The molecule has 0 saturated carbocycles. The fourth-order valence-electron chi connectivity index (χ4n) is 1.88. The van der Waals surface area contributed by atoms with Crippen molar-refractivity contribution in [1.82, 2.24) is 5.32 Å². The molecular weight excluding hydrogens is 313 g/mol. The van der Waals surface area contributed by atoms with Crippen LogP contribution in [0.3, 0.4) is 0 Å². The molecule has 2 N–H and O–H groups in total. The topological polar surface area (TPSA) is 58.6 Å². The lowest BCUT2D eigenvalue weighted by molar-refractivity contribution is -0.122. The van der Waals surface area contributed by atoms with Gasteiger partial charge in [-0.3, -0.25) is 4.79 Å². The molecule has 0 bridgehead atoms. The van der Waals surface area contributed by atoms with Crippen LogP contribution in [0.5, 0.6) is 5.75 Å². The maximum atomic E-state index is 11.8. The lowest BCUT2D eigenvalue weighted by atomic mass is 10.0. The van der Waals surface area contributed by atoms with Gasteiger partial charge in [-0.2, -0.15) is 0 Å². The maximum Gasteiger partial charge on any atom is 0.223 e. The number of hydrogen-bond donors (Lipinski definition) is 2. The monoisotopic (exact) mass is 333 g/mol. The summed E-state index contributed by atoms with van der Waals surface area (Å²) in [6.07, 6.45) is 0.963. The van der Waals surface area contributed by atoms with Crippen LogP contribution in [0.15, 0.2) is 18.2 Å². The summed E-state index contributed by atoms with van der Waals surface area (Å²) in [7, 11) is 0. The highest BCUT2D eigenvalue weighted by molar-refractivity contribution is 6.42. The normalized spacial score (nSPS) is 12.3. The number of benzene rings is 1. The predicted molar refractivity (Wildman–Crippen MR) is 85.0 cm³/mol. The fraction of sp³-hybridized carbons (Fsp3) is 0.533. The summed E-state index contributed by atoms with van der Waals surface area (Å²) in [6.45, 7) is 4.27. The minimum absolute atomic E-state index is 0.0580. The highest BCUT2D eigenvalue weighted by Gasteiger charge is 2.13. The minimum Gasteiger partial charge on any atom is -0.493 e. The van der Waals surface area contributed by atoms with Gasteiger partial charge in [-0.1, -0.05) is 37.0 Å². The first-order valence-corrected chi connectivity index (χ1v) is 7.66. The molecule has 1 aromatic rings. The van der Waals surface area contributed by atoms with Gasteiger partial charge in [-0.15, -0.1) is 0 Å². The van der Waals surface area contributed by atoms with Crippen LogP contribution in [-0.2, 0) is 4.79 Å². The molecule has 1 rings (SSSR count). The van der Waals surface area contributed by atoms with Crippen molar-refractivity contribution in [3.05, 3.63) is 28.2 Å². The molecule has 0 spiro atoms. The van der Waals surface area contributed by atoms with Gasteiger partial charge in [-0.05, 0) is 24.5 Å². The Balaban J connectivity index is 2.34. The van der Waals surface area contributed by atoms with Crippen LogP contribution in [0.1, 0.15) is 26.7 Å². The van der Waals surface area contributed by atoms with Gasteiger partial charge < -0.3 is 15.2 Å². The van der Waals surface area contributed by atoms with E-state index in [0.29, 0.717) is 21.7 Å². The molecule has 0 radical (unpaired) electrons. The number of halogens is 2. The molecule has 118 valence electrons. The second kappa shape index (κ2) is 9.13. The Hall–Kier alpha value is -0.970. The van der Waals surface area contributed by atoms with E-state index in [2.05, 4.69) is 5.32 Å². The maximum absolute atomic E-state index is 11.8. The number of carbonyl (C=O) groups is 1. The van der Waals surface area contributed by atoms with Crippen molar-refractivity contribution in [2.24, 2.45) is 5.92 Å². The Morgan fingerprint density at radius 3 is 2.62 bits per heavy atom. The van der Waals surface area contributed by atoms with E-state index in [9.17, 15) is 9.90 Å². The van der Waals surface area contributed by atoms with E-state index < -0.39 is 0 Å². The summed E-state index contributed by atoms with van der Waals surface area (Å²) < 4.78 is 5.44. The summed E-state index contributed by atoms with van der Waals surface area (Å²) in [5.41, 5.74) is 0. The van der Waals surface area contributed by atoms with Crippen LogP contribution in [0.4, 0.5) is 0 Å². The first-order chi connectivity index (χ1) is 9.92. The smallest absolute Gasteiger partial charge is 0.223 e. The molecule has 1 atom stereocenters. The molecule has 0 aliphatic rings. The molecule has 1 aromatic carbocycles. The number of amides is 1. The third-order valence-corrected chi connectivity index (χ3v) is 3.57. The molecule has 1 amide bonds. The van der Waals surface area contributed by atoms with Crippen molar-refractivity contribution in [1.29, 1.82) is 0 Å². The van der Waals surface area contributed by atoms with Gasteiger partial charge in [0.1, 0.15) is 5.75 Å². The molecule has 0 fully saturated rings. The fourth-order valence-corrected chi connectivity index (χ4v) is 2.16.